The highest BCUT2D eigenvalue weighted by Gasteiger charge is 2.20. The van der Waals surface area contributed by atoms with E-state index in [0.717, 1.165) is 0 Å². The molecule has 0 unspecified atom stereocenters. The fourth-order valence-electron chi connectivity index (χ4n) is 1.77. The van der Waals surface area contributed by atoms with Gasteiger partial charge in [0.1, 0.15) is 10.4 Å². The summed E-state index contributed by atoms with van der Waals surface area (Å²) in [5.41, 5.74) is 0.801. The minimum Gasteiger partial charge on any atom is -0.280 e. The molecule has 0 aliphatic heterocycles. The number of nitrogens with zero attached hydrogens (tertiary/aromatic N) is 2. The van der Waals surface area contributed by atoms with Gasteiger partial charge in [-0.3, -0.25) is 4.72 Å². The average molecular weight is 344 g/mol. The van der Waals surface area contributed by atoms with Gasteiger partial charge in [0.25, 0.3) is 10.0 Å². The van der Waals surface area contributed by atoms with E-state index in [0.29, 0.717) is 10.5 Å². The lowest BCUT2D eigenvalue weighted by molar-refractivity contribution is 0.315. The highest BCUT2D eigenvalue weighted by molar-refractivity contribution is 7.93. The molecule has 1 heterocycles. The number of sulfonamides is 1. The van der Waals surface area contributed by atoms with Crippen molar-refractivity contribution >= 4 is 49.9 Å². The zero-order chi connectivity index (χ0) is 15.0. The summed E-state index contributed by atoms with van der Waals surface area (Å²) < 4.78 is 31.8. The third kappa shape index (κ3) is 2.67. The van der Waals surface area contributed by atoms with Gasteiger partial charge in [-0.1, -0.05) is 29.3 Å². The minimum absolute atomic E-state index is 0.0349. The van der Waals surface area contributed by atoms with Crippen molar-refractivity contribution in [3.63, 3.8) is 0 Å². The first-order valence-electron chi connectivity index (χ1n) is 5.66. The van der Waals surface area contributed by atoms with Crippen LogP contribution >= 0.6 is 23.2 Å². The van der Waals surface area contributed by atoms with Crippen molar-refractivity contribution in [2.45, 2.75) is 4.90 Å². The average Bonchev–Trinajstić information content (AvgIpc) is 2.90. The quantitative estimate of drug-likeness (QED) is 0.788. The van der Waals surface area contributed by atoms with Crippen LogP contribution in [0.2, 0.25) is 10.0 Å². The van der Waals surface area contributed by atoms with Crippen LogP contribution in [0.15, 0.2) is 45.9 Å². The number of benzene rings is 2. The van der Waals surface area contributed by atoms with E-state index in [9.17, 15) is 8.42 Å². The smallest absolute Gasteiger partial charge is 0.264 e. The maximum Gasteiger partial charge on any atom is 0.264 e. The molecule has 0 spiro atoms. The SMILES string of the molecule is O=S(=O)(Nc1ccc(Cl)c(Cl)c1)c1cccc2nonc12. The lowest BCUT2D eigenvalue weighted by Gasteiger charge is -2.08. The van der Waals surface area contributed by atoms with E-state index in [1.807, 2.05) is 0 Å². The van der Waals surface area contributed by atoms with Gasteiger partial charge in [0.2, 0.25) is 0 Å². The number of nitrogens with one attached hydrogen (secondary N) is 1. The van der Waals surface area contributed by atoms with Gasteiger partial charge in [0.15, 0.2) is 5.52 Å². The summed E-state index contributed by atoms with van der Waals surface area (Å²) in [6, 6.07) is 8.99. The molecule has 0 atom stereocenters. The second-order valence-corrected chi connectivity index (χ2v) is 6.59. The van der Waals surface area contributed by atoms with Gasteiger partial charge in [0, 0.05) is 0 Å². The molecular formula is C12H7Cl2N3O3S. The maximum absolute atomic E-state index is 12.4. The van der Waals surface area contributed by atoms with Crippen LogP contribution < -0.4 is 4.72 Å². The molecule has 0 fully saturated rings. The van der Waals surface area contributed by atoms with Crippen LogP contribution in [0.25, 0.3) is 11.0 Å². The molecule has 0 saturated carbocycles. The summed E-state index contributed by atoms with van der Waals surface area (Å²) in [7, 11) is -3.85. The number of fused-ring (bicyclic) bond motifs is 1. The zero-order valence-corrected chi connectivity index (χ0v) is 12.6. The topological polar surface area (TPSA) is 85.1 Å². The Balaban J connectivity index is 2.04. The number of aromatic nitrogens is 2. The van der Waals surface area contributed by atoms with Crippen molar-refractivity contribution in [3.05, 3.63) is 46.4 Å². The minimum atomic E-state index is -3.85. The molecule has 6 nitrogen and oxygen atoms in total. The van der Waals surface area contributed by atoms with Crippen LogP contribution in [0.4, 0.5) is 5.69 Å². The fraction of sp³-hybridized carbons (Fsp3) is 0. The lowest BCUT2D eigenvalue weighted by atomic mass is 10.3. The molecular weight excluding hydrogens is 337 g/mol. The molecule has 1 N–H and O–H groups in total. The first kappa shape index (κ1) is 14.1. The Kier molecular flexibility index (Phi) is 3.48. The molecule has 0 aliphatic carbocycles. The van der Waals surface area contributed by atoms with Crippen molar-refractivity contribution in [1.29, 1.82) is 0 Å². The van der Waals surface area contributed by atoms with Crippen molar-refractivity contribution in [2.24, 2.45) is 0 Å². The zero-order valence-electron chi connectivity index (χ0n) is 10.2. The summed E-state index contributed by atoms with van der Waals surface area (Å²) >= 11 is 11.7. The van der Waals surface area contributed by atoms with Gasteiger partial charge in [0.05, 0.1) is 15.7 Å². The molecule has 9 heteroatoms. The molecule has 3 rings (SSSR count). The van der Waals surface area contributed by atoms with Gasteiger partial charge in [-0.15, -0.1) is 0 Å². The third-order valence-electron chi connectivity index (χ3n) is 2.71. The van der Waals surface area contributed by atoms with E-state index in [1.165, 1.54) is 24.3 Å². The molecule has 0 radical (unpaired) electrons. The van der Waals surface area contributed by atoms with Crippen molar-refractivity contribution < 1.29 is 13.0 Å². The van der Waals surface area contributed by atoms with E-state index in [-0.39, 0.29) is 21.1 Å². The second kappa shape index (κ2) is 5.18. The van der Waals surface area contributed by atoms with Crippen LogP contribution in [0.5, 0.6) is 0 Å². The van der Waals surface area contributed by atoms with E-state index < -0.39 is 10.0 Å². The number of rotatable bonds is 3. The van der Waals surface area contributed by atoms with Crippen molar-refractivity contribution in [1.82, 2.24) is 10.3 Å². The van der Waals surface area contributed by atoms with Crippen molar-refractivity contribution in [3.8, 4) is 0 Å². The van der Waals surface area contributed by atoms with Crippen LogP contribution in [0.1, 0.15) is 0 Å². The van der Waals surface area contributed by atoms with E-state index in [1.54, 1.807) is 12.1 Å². The number of hydrogen-bond donors (Lipinski definition) is 1. The Morgan fingerprint density at radius 3 is 2.62 bits per heavy atom. The molecule has 1 aromatic heterocycles. The van der Waals surface area contributed by atoms with Crippen LogP contribution in [-0.2, 0) is 10.0 Å². The Bertz CT molecular complexity index is 924. The van der Waals surface area contributed by atoms with Gasteiger partial charge in [-0.2, -0.15) is 0 Å². The molecule has 3 aromatic rings. The standard InChI is InChI=1S/C12H7Cl2N3O3S/c13-8-5-4-7(6-9(8)14)17-21(18,19)11-3-1-2-10-12(11)16-20-15-10/h1-6,17H. The summed E-state index contributed by atoms with van der Waals surface area (Å²) in [5, 5.41) is 7.80. The third-order valence-corrected chi connectivity index (χ3v) is 4.86. The van der Waals surface area contributed by atoms with Gasteiger partial charge < -0.3 is 0 Å². The highest BCUT2D eigenvalue weighted by atomic mass is 35.5. The van der Waals surface area contributed by atoms with Crippen LogP contribution in [0.3, 0.4) is 0 Å². The summed E-state index contributed by atoms with van der Waals surface area (Å²) in [5.74, 6) is 0. The molecule has 0 saturated heterocycles. The van der Waals surface area contributed by atoms with Crippen LogP contribution in [0, 0.1) is 0 Å². The predicted molar refractivity (Wildman–Crippen MR) is 79.1 cm³/mol. The molecule has 0 aliphatic rings. The van der Waals surface area contributed by atoms with E-state index in [4.69, 9.17) is 23.2 Å². The number of halogens is 2. The molecule has 108 valence electrons. The maximum atomic E-state index is 12.4. The Labute approximate surface area is 129 Å². The highest BCUT2D eigenvalue weighted by Crippen LogP contribution is 2.27. The summed E-state index contributed by atoms with van der Waals surface area (Å²) in [6.07, 6.45) is 0. The van der Waals surface area contributed by atoms with Gasteiger partial charge in [-0.05, 0) is 40.6 Å². The Morgan fingerprint density at radius 1 is 1.05 bits per heavy atom. The largest absolute Gasteiger partial charge is 0.280 e. The second-order valence-electron chi connectivity index (χ2n) is 4.12. The Hall–Kier alpha value is -1.83. The van der Waals surface area contributed by atoms with Crippen LogP contribution in [-0.4, -0.2) is 18.7 Å². The molecule has 0 bridgehead atoms. The number of anilines is 1. The molecule has 2 aromatic carbocycles. The van der Waals surface area contributed by atoms with E-state index >= 15 is 0 Å². The van der Waals surface area contributed by atoms with Gasteiger partial charge in [-0.25, -0.2) is 13.0 Å². The predicted octanol–water partition coefficient (Wildman–Crippen LogP) is 3.33. The normalized spacial score (nSPS) is 11.7. The van der Waals surface area contributed by atoms with Gasteiger partial charge >= 0.3 is 0 Å². The summed E-state index contributed by atoms with van der Waals surface area (Å²) in [4.78, 5) is -0.0349. The number of hydrogen-bond acceptors (Lipinski definition) is 5. The first-order valence-corrected chi connectivity index (χ1v) is 7.90. The van der Waals surface area contributed by atoms with E-state index in [2.05, 4.69) is 19.7 Å². The van der Waals surface area contributed by atoms with Crippen molar-refractivity contribution in [2.75, 3.05) is 4.72 Å². The monoisotopic (exact) mass is 343 g/mol. The molecule has 0 amide bonds. The first-order chi connectivity index (χ1) is 9.97. The fourth-order valence-corrected chi connectivity index (χ4v) is 3.27. The lowest BCUT2D eigenvalue weighted by Crippen LogP contribution is -2.13. The molecule has 21 heavy (non-hydrogen) atoms. The summed E-state index contributed by atoms with van der Waals surface area (Å²) in [6.45, 7) is 0. The Morgan fingerprint density at radius 2 is 1.86 bits per heavy atom.